The van der Waals surface area contributed by atoms with Gasteiger partial charge in [-0.15, -0.1) is 0 Å². The van der Waals surface area contributed by atoms with Crippen molar-refractivity contribution < 1.29 is 19.0 Å². The number of nitrogens with zero attached hydrogens (tertiary/aromatic N) is 3. The molecular weight excluding hydrogens is 394 g/mol. The number of hydrogen-bond acceptors (Lipinski definition) is 6. The molecule has 0 radical (unpaired) electrons. The Morgan fingerprint density at radius 2 is 1.74 bits per heavy atom. The van der Waals surface area contributed by atoms with E-state index in [-0.39, 0.29) is 12.3 Å². The molecule has 1 aliphatic rings. The van der Waals surface area contributed by atoms with Gasteiger partial charge in [-0.1, -0.05) is 36.4 Å². The Morgan fingerprint density at radius 1 is 1.00 bits per heavy atom. The lowest BCUT2D eigenvalue weighted by atomic mass is 10.1. The molecule has 4 rings (SSSR count). The summed E-state index contributed by atoms with van der Waals surface area (Å²) in [5.74, 6) is -0.467. The van der Waals surface area contributed by atoms with E-state index in [1.54, 1.807) is 6.92 Å². The molecule has 1 aromatic heterocycles. The molecule has 0 spiro atoms. The van der Waals surface area contributed by atoms with Crippen LogP contribution in [-0.4, -0.2) is 55.0 Å². The molecule has 0 unspecified atom stereocenters. The van der Waals surface area contributed by atoms with Crippen molar-refractivity contribution in [3.63, 3.8) is 0 Å². The largest absolute Gasteiger partial charge is 0.465 e. The Bertz CT molecular complexity index is 1030. The van der Waals surface area contributed by atoms with Gasteiger partial charge in [0.25, 0.3) is 0 Å². The van der Waals surface area contributed by atoms with Crippen molar-refractivity contribution in [1.29, 1.82) is 0 Å². The highest BCUT2D eigenvalue weighted by Gasteiger charge is 2.27. The zero-order valence-corrected chi connectivity index (χ0v) is 17.9. The molecule has 0 N–H and O–H groups in total. The second-order valence-electron chi connectivity index (χ2n) is 7.07. The minimum Gasteiger partial charge on any atom is -0.465 e. The summed E-state index contributed by atoms with van der Waals surface area (Å²) in [5.41, 5.74) is 3.72. The van der Waals surface area contributed by atoms with E-state index in [4.69, 9.17) is 14.2 Å². The highest BCUT2D eigenvalue weighted by atomic mass is 16.5. The van der Waals surface area contributed by atoms with E-state index in [1.165, 1.54) is 0 Å². The first-order valence-corrected chi connectivity index (χ1v) is 10.6. The van der Waals surface area contributed by atoms with Crippen molar-refractivity contribution in [1.82, 2.24) is 9.55 Å². The predicted molar refractivity (Wildman–Crippen MR) is 119 cm³/mol. The average molecular weight is 421 g/mol. The number of carbonyl (C=O) groups is 1. The third-order valence-electron chi connectivity index (χ3n) is 5.10. The standard InChI is InChI=1S/C24H27N3O4/c1-3-30-23(28)21-22(18-9-6-5-7-10-18)27(24(25-21)31-4-2)20-12-8-11-19(17-20)26-13-15-29-16-14-26/h5-12,17H,3-4,13-16H2,1-2H3. The fourth-order valence-corrected chi connectivity index (χ4v) is 3.72. The van der Waals surface area contributed by atoms with Crippen LogP contribution in [0, 0.1) is 0 Å². The molecule has 1 saturated heterocycles. The quantitative estimate of drug-likeness (QED) is 0.538. The van der Waals surface area contributed by atoms with Crippen LogP contribution in [0.4, 0.5) is 5.69 Å². The highest BCUT2D eigenvalue weighted by Crippen LogP contribution is 2.34. The molecule has 0 atom stereocenters. The van der Waals surface area contributed by atoms with E-state index in [0.717, 1.165) is 30.0 Å². The van der Waals surface area contributed by atoms with Gasteiger partial charge in [0.1, 0.15) is 0 Å². The average Bonchev–Trinajstić information content (AvgIpc) is 3.20. The molecule has 31 heavy (non-hydrogen) atoms. The molecule has 162 valence electrons. The molecule has 7 heteroatoms. The lowest BCUT2D eigenvalue weighted by molar-refractivity contribution is 0.0520. The van der Waals surface area contributed by atoms with Crippen LogP contribution in [0.25, 0.3) is 16.9 Å². The van der Waals surface area contributed by atoms with Gasteiger partial charge in [0, 0.05) is 24.3 Å². The molecule has 0 saturated carbocycles. The van der Waals surface area contributed by atoms with Crippen molar-refractivity contribution in [2.24, 2.45) is 0 Å². The van der Waals surface area contributed by atoms with Crippen LogP contribution in [0.3, 0.4) is 0 Å². The summed E-state index contributed by atoms with van der Waals surface area (Å²) < 4.78 is 18.5. The van der Waals surface area contributed by atoms with Gasteiger partial charge in [-0.05, 0) is 32.0 Å². The second-order valence-corrected chi connectivity index (χ2v) is 7.07. The SMILES string of the molecule is CCOC(=O)c1nc(OCC)n(-c2cccc(N3CCOCC3)c2)c1-c1ccccc1. The van der Waals surface area contributed by atoms with E-state index in [0.29, 0.717) is 31.5 Å². The van der Waals surface area contributed by atoms with Gasteiger partial charge < -0.3 is 19.1 Å². The first kappa shape index (κ1) is 20.9. The van der Waals surface area contributed by atoms with Gasteiger partial charge >= 0.3 is 12.0 Å². The van der Waals surface area contributed by atoms with Gasteiger partial charge in [-0.3, -0.25) is 4.57 Å². The lowest BCUT2D eigenvalue weighted by Crippen LogP contribution is -2.36. The van der Waals surface area contributed by atoms with Crippen LogP contribution in [-0.2, 0) is 9.47 Å². The number of ether oxygens (including phenoxy) is 3. The van der Waals surface area contributed by atoms with Gasteiger partial charge in [0.15, 0.2) is 5.69 Å². The number of morpholine rings is 1. The van der Waals surface area contributed by atoms with Crippen molar-refractivity contribution in [3.05, 3.63) is 60.3 Å². The molecule has 1 aliphatic heterocycles. The minimum absolute atomic E-state index is 0.244. The number of anilines is 1. The number of aromatic nitrogens is 2. The first-order valence-electron chi connectivity index (χ1n) is 10.6. The van der Waals surface area contributed by atoms with Crippen LogP contribution >= 0.6 is 0 Å². The topological polar surface area (TPSA) is 65.8 Å². The smallest absolute Gasteiger partial charge is 0.359 e. The van der Waals surface area contributed by atoms with Crippen molar-refractivity contribution in [3.8, 4) is 23.0 Å². The van der Waals surface area contributed by atoms with Crippen LogP contribution in [0.15, 0.2) is 54.6 Å². The number of benzene rings is 2. The zero-order valence-electron chi connectivity index (χ0n) is 17.9. The van der Waals surface area contributed by atoms with Gasteiger partial charge in [0.2, 0.25) is 0 Å². The maximum atomic E-state index is 12.8. The maximum Gasteiger partial charge on any atom is 0.359 e. The number of rotatable bonds is 7. The number of esters is 1. The number of imidazole rings is 1. The van der Waals surface area contributed by atoms with E-state index in [9.17, 15) is 4.79 Å². The summed E-state index contributed by atoms with van der Waals surface area (Å²) in [7, 11) is 0. The summed E-state index contributed by atoms with van der Waals surface area (Å²) in [6.07, 6.45) is 0. The van der Waals surface area contributed by atoms with Crippen molar-refractivity contribution in [2.75, 3.05) is 44.4 Å². The Labute approximate surface area is 182 Å². The van der Waals surface area contributed by atoms with Crippen LogP contribution in [0.5, 0.6) is 6.01 Å². The summed E-state index contributed by atoms with van der Waals surface area (Å²) in [6.45, 7) is 7.48. The Hall–Kier alpha value is -3.32. The molecule has 2 heterocycles. The molecule has 0 amide bonds. The van der Waals surface area contributed by atoms with Crippen LogP contribution in [0.1, 0.15) is 24.3 Å². The fourth-order valence-electron chi connectivity index (χ4n) is 3.72. The predicted octanol–water partition coefficient (Wildman–Crippen LogP) is 3.95. The summed E-state index contributed by atoms with van der Waals surface area (Å²) in [4.78, 5) is 19.6. The monoisotopic (exact) mass is 421 g/mol. The molecule has 2 aromatic carbocycles. The number of carbonyl (C=O) groups excluding carboxylic acids is 1. The zero-order chi connectivity index (χ0) is 21.6. The highest BCUT2D eigenvalue weighted by molar-refractivity contribution is 5.95. The van der Waals surface area contributed by atoms with E-state index >= 15 is 0 Å². The van der Waals surface area contributed by atoms with Crippen molar-refractivity contribution >= 4 is 11.7 Å². The van der Waals surface area contributed by atoms with Crippen LogP contribution < -0.4 is 9.64 Å². The second kappa shape index (κ2) is 9.66. The fraction of sp³-hybridized carbons (Fsp3) is 0.333. The van der Waals surface area contributed by atoms with E-state index in [2.05, 4.69) is 22.0 Å². The Kier molecular flexibility index (Phi) is 6.52. The van der Waals surface area contributed by atoms with Crippen LogP contribution in [0.2, 0.25) is 0 Å². The molecule has 0 aliphatic carbocycles. The maximum absolute atomic E-state index is 12.8. The normalized spacial score (nSPS) is 13.8. The van der Waals surface area contributed by atoms with Crippen molar-refractivity contribution in [2.45, 2.75) is 13.8 Å². The van der Waals surface area contributed by atoms with Gasteiger partial charge in [0.05, 0.1) is 37.8 Å². The Morgan fingerprint density at radius 3 is 2.45 bits per heavy atom. The van der Waals surface area contributed by atoms with E-state index in [1.807, 2.05) is 54.0 Å². The summed E-state index contributed by atoms with van der Waals surface area (Å²) in [6, 6.07) is 18.3. The summed E-state index contributed by atoms with van der Waals surface area (Å²) >= 11 is 0. The first-order chi connectivity index (χ1) is 15.2. The minimum atomic E-state index is -0.467. The van der Waals surface area contributed by atoms with Gasteiger partial charge in [-0.25, -0.2) is 4.79 Å². The third kappa shape index (κ3) is 4.41. The van der Waals surface area contributed by atoms with Gasteiger partial charge in [-0.2, -0.15) is 4.98 Å². The lowest BCUT2D eigenvalue weighted by Gasteiger charge is -2.29. The number of hydrogen-bond donors (Lipinski definition) is 0. The molecule has 0 bridgehead atoms. The van der Waals surface area contributed by atoms with E-state index < -0.39 is 5.97 Å². The molecule has 1 fully saturated rings. The molecule has 3 aromatic rings. The molecular formula is C24H27N3O4. The summed E-state index contributed by atoms with van der Waals surface area (Å²) in [5, 5.41) is 0. The Balaban J connectivity index is 1.89. The third-order valence-corrected chi connectivity index (χ3v) is 5.10. The molecule has 7 nitrogen and oxygen atoms in total.